The van der Waals surface area contributed by atoms with Gasteiger partial charge < -0.3 is 4.74 Å². The highest BCUT2D eigenvalue weighted by molar-refractivity contribution is 5.78. The first-order valence-electron chi connectivity index (χ1n) is 4.40. The molecule has 0 rings (SSSR count). The Morgan fingerprint density at radius 1 is 1.09 bits per heavy atom. The van der Waals surface area contributed by atoms with Crippen LogP contribution in [0.25, 0.3) is 0 Å². The lowest BCUT2D eigenvalue weighted by Crippen LogP contribution is -2.03. The third kappa shape index (κ3) is 7.53. The number of hydrogen-bond acceptors (Lipinski definition) is 2. The fraction of sp³-hybridized carbons (Fsp3) is 0.889. The van der Waals surface area contributed by atoms with Gasteiger partial charge in [0.25, 0.3) is 0 Å². The lowest BCUT2D eigenvalue weighted by molar-refractivity contribution is -0.120. The highest BCUT2D eigenvalue weighted by Crippen LogP contribution is 1.94. The maximum Gasteiger partial charge on any atom is 0.135 e. The third-order valence-corrected chi connectivity index (χ3v) is 1.40. The van der Waals surface area contributed by atoms with Crippen LogP contribution in [0.5, 0.6) is 0 Å². The van der Waals surface area contributed by atoms with Crippen LogP contribution in [0.3, 0.4) is 0 Å². The molecule has 2 heteroatoms. The molecule has 0 N–H and O–H groups in total. The molecule has 11 heavy (non-hydrogen) atoms. The summed E-state index contributed by atoms with van der Waals surface area (Å²) in [5.74, 6) is 0.323. The van der Waals surface area contributed by atoms with Crippen LogP contribution in [0.4, 0.5) is 0 Å². The molecular weight excluding hydrogens is 140 g/mol. The van der Waals surface area contributed by atoms with Gasteiger partial charge in [-0.25, -0.2) is 0 Å². The van der Waals surface area contributed by atoms with Gasteiger partial charge in [0.1, 0.15) is 5.78 Å². The van der Waals surface area contributed by atoms with Gasteiger partial charge in [-0.1, -0.05) is 13.8 Å². The Balaban J connectivity index is 3.04. The van der Waals surface area contributed by atoms with Crippen LogP contribution in [0.2, 0.25) is 0 Å². The quantitative estimate of drug-likeness (QED) is 0.531. The molecule has 0 saturated carbocycles. The maximum atomic E-state index is 10.9. The first-order chi connectivity index (χ1) is 5.31. The number of ketones is 1. The van der Waals surface area contributed by atoms with Crippen molar-refractivity contribution in [3.8, 4) is 0 Å². The lowest BCUT2D eigenvalue weighted by atomic mass is 10.2. The van der Waals surface area contributed by atoms with Gasteiger partial charge in [-0.2, -0.15) is 0 Å². The summed E-state index contributed by atoms with van der Waals surface area (Å²) in [5.41, 5.74) is 0. The highest BCUT2D eigenvalue weighted by atomic mass is 16.5. The second kappa shape index (κ2) is 7.73. The zero-order chi connectivity index (χ0) is 8.53. The normalized spacial score (nSPS) is 10.0. The van der Waals surface area contributed by atoms with E-state index in [1.54, 1.807) is 0 Å². The largest absolute Gasteiger partial charge is 0.381 e. The molecule has 0 atom stereocenters. The summed E-state index contributed by atoms with van der Waals surface area (Å²) < 4.78 is 5.18. The Morgan fingerprint density at radius 3 is 2.36 bits per heavy atom. The van der Waals surface area contributed by atoms with Gasteiger partial charge in [0.05, 0.1) is 6.61 Å². The number of carbonyl (C=O) groups is 1. The summed E-state index contributed by atoms with van der Waals surface area (Å²) in [4.78, 5) is 10.9. The third-order valence-electron chi connectivity index (χ3n) is 1.40. The molecule has 0 fully saturated rings. The monoisotopic (exact) mass is 158 g/mol. The molecule has 0 radical (unpaired) electrons. The van der Waals surface area contributed by atoms with E-state index in [4.69, 9.17) is 4.74 Å². The number of ether oxygens (including phenoxy) is 1. The van der Waals surface area contributed by atoms with E-state index in [0.29, 0.717) is 25.2 Å². The number of Topliss-reactive ketones (excluding diaryl/α,β-unsaturated/α-hetero) is 1. The van der Waals surface area contributed by atoms with E-state index in [1.165, 1.54) is 0 Å². The Morgan fingerprint density at radius 2 is 1.82 bits per heavy atom. The molecule has 0 saturated heterocycles. The molecule has 0 unspecified atom stereocenters. The van der Waals surface area contributed by atoms with Crippen molar-refractivity contribution >= 4 is 5.78 Å². The van der Waals surface area contributed by atoms with E-state index >= 15 is 0 Å². The minimum Gasteiger partial charge on any atom is -0.381 e. The molecule has 0 aromatic rings. The van der Waals surface area contributed by atoms with Crippen LogP contribution in [0.1, 0.15) is 39.5 Å². The molecule has 0 aromatic carbocycles. The molecule has 0 aliphatic rings. The molecular formula is C9H18O2. The smallest absolute Gasteiger partial charge is 0.135 e. The summed E-state index contributed by atoms with van der Waals surface area (Å²) in [7, 11) is 0. The molecule has 0 bridgehead atoms. The van der Waals surface area contributed by atoms with Gasteiger partial charge in [-0.15, -0.1) is 0 Å². The van der Waals surface area contributed by atoms with Crippen molar-refractivity contribution in [3.63, 3.8) is 0 Å². The molecule has 0 aliphatic carbocycles. The van der Waals surface area contributed by atoms with Gasteiger partial charge in [0.2, 0.25) is 0 Å². The Labute approximate surface area is 68.9 Å². The fourth-order valence-electron chi connectivity index (χ4n) is 0.836. The van der Waals surface area contributed by atoms with Gasteiger partial charge in [-0.3, -0.25) is 4.79 Å². The number of hydrogen-bond donors (Lipinski definition) is 0. The van der Waals surface area contributed by atoms with Gasteiger partial charge in [0.15, 0.2) is 0 Å². The van der Waals surface area contributed by atoms with Crippen LogP contribution in [-0.2, 0) is 9.53 Å². The zero-order valence-electron chi connectivity index (χ0n) is 7.56. The number of carbonyl (C=O) groups excluding carboxylic acids is 1. The van der Waals surface area contributed by atoms with Crippen LogP contribution in [-0.4, -0.2) is 19.0 Å². The Hall–Kier alpha value is -0.370. The van der Waals surface area contributed by atoms with Crippen LogP contribution in [0.15, 0.2) is 0 Å². The average Bonchev–Trinajstić information content (AvgIpc) is 1.99. The summed E-state index contributed by atoms with van der Waals surface area (Å²) in [6, 6.07) is 0. The minimum atomic E-state index is 0.323. The predicted molar refractivity (Wildman–Crippen MR) is 45.6 cm³/mol. The van der Waals surface area contributed by atoms with Gasteiger partial charge in [-0.05, 0) is 12.8 Å². The van der Waals surface area contributed by atoms with E-state index in [0.717, 1.165) is 19.4 Å². The summed E-state index contributed by atoms with van der Waals surface area (Å²) in [6.45, 7) is 5.46. The van der Waals surface area contributed by atoms with Crippen molar-refractivity contribution in [3.05, 3.63) is 0 Å². The predicted octanol–water partition coefficient (Wildman–Crippen LogP) is 2.17. The summed E-state index contributed by atoms with van der Waals surface area (Å²) in [5, 5.41) is 0. The zero-order valence-corrected chi connectivity index (χ0v) is 7.56. The Kier molecular flexibility index (Phi) is 7.47. The fourth-order valence-corrected chi connectivity index (χ4v) is 0.836. The van der Waals surface area contributed by atoms with Gasteiger partial charge in [0, 0.05) is 19.4 Å². The molecule has 0 spiro atoms. The molecule has 2 nitrogen and oxygen atoms in total. The Bertz CT molecular complexity index is 99.7. The SMILES string of the molecule is CCCOCCC(=O)CCC. The first kappa shape index (κ1) is 10.6. The van der Waals surface area contributed by atoms with E-state index in [-0.39, 0.29) is 0 Å². The topological polar surface area (TPSA) is 26.3 Å². The van der Waals surface area contributed by atoms with Crippen molar-refractivity contribution in [1.29, 1.82) is 0 Å². The minimum absolute atomic E-state index is 0.323. The van der Waals surface area contributed by atoms with Crippen LogP contribution < -0.4 is 0 Å². The average molecular weight is 158 g/mol. The second-order valence-corrected chi connectivity index (χ2v) is 2.65. The van der Waals surface area contributed by atoms with E-state index in [2.05, 4.69) is 6.92 Å². The maximum absolute atomic E-state index is 10.9. The van der Waals surface area contributed by atoms with Gasteiger partial charge >= 0.3 is 0 Å². The summed E-state index contributed by atoms with van der Waals surface area (Å²) in [6.07, 6.45) is 3.28. The number of rotatable bonds is 7. The van der Waals surface area contributed by atoms with Crippen LogP contribution >= 0.6 is 0 Å². The molecule has 0 aromatic heterocycles. The van der Waals surface area contributed by atoms with Crippen molar-refractivity contribution in [2.45, 2.75) is 39.5 Å². The first-order valence-corrected chi connectivity index (χ1v) is 4.40. The summed E-state index contributed by atoms with van der Waals surface area (Å²) >= 11 is 0. The van der Waals surface area contributed by atoms with Crippen molar-refractivity contribution in [2.75, 3.05) is 13.2 Å². The lowest BCUT2D eigenvalue weighted by Gasteiger charge is -2.00. The molecule has 0 aliphatic heterocycles. The highest BCUT2D eigenvalue weighted by Gasteiger charge is 1.98. The van der Waals surface area contributed by atoms with Crippen molar-refractivity contribution in [1.82, 2.24) is 0 Å². The van der Waals surface area contributed by atoms with Crippen molar-refractivity contribution in [2.24, 2.45) is 0 Å². The molecule has 0 amide bonds. The van der Waals surface area contributed by atoms with E-state index < -0.39 is 0 Å². The molecule has 66 valence electrons. The van der Waals surface area contributed by atoms with Crippen LogP contribution in [0, 0.1) is 0 Å². The second-order valence-electron chi connectivity index (χ2n) is 2.65. The van der Waals surface area contributed by atoms with E-state index in [1.807, 2.05) is 6.92 Å². The standard InChI is InChI=1S/C9H18O2/c1-3-5-9(10)6-8-11-7-4-2/h3-8H2,1-2H3. The van der Waals surface area contributed by atoms with Crippen molar-refractivity contribution < 1.29 is 9.53 Å². The molecule has 0 heterocycles. The van der Waals surface area contributed by atoms with E-state index in [9.17, 15) is 4.79 Å².